The number of hydrogen-bond donors (Lipinski definition) is 0. The molecular formula is C8H5ClF2INO. The number of halogens is 4. The summed E-state index contributed by atoms with van der Waals surface area (Å²) in [4.78, 5) is 14.2. The number of pyridine rings is 1. The Labute approximate surface area is 97.8 Å². The predicted molar refractivity (Wildman–Crippen MR) is 56.9 cm³/mol. The smallest absolute Gasteiger partial charge is 0.265 e. The van der Waals surface area contributed by atoms with Crippen molar-refractivity contribution in [1.82, 2.24) is 4.98 Å². The number of carbonyl (C=O) groups is 1. The molecule has 0 aromatic carbocycles. The number of alkyl halides is 3. The topological polar surface area (TPSA) is 30.0 Å². The van der Waals surface area contributed by atoms with E-state index in [1.165, 1.54) is 6.20 Å². The van der Waals surface area contributed by atoms with E-state index in [1.54, 1.807) is 22.6 Å². The van der Waals surface area contributed by atoms with Crippen molar-refractivity contribution in [3.05, 3.63) is 26.6 Å². The van der Waals surface area contributed by atoms with Gasteiger partial charge in [-0.15, -0.1) is 11.6 Å². The second kappa shape index (κ2) is 4.97. The molecule has 14 heavy (non-hydrogen) atoms. The molecule has 0 aliphatic rings. The highest BCUT2D eigenvalue weighted by molar-refractivity contribution is 14.1. The van der Waals surface area contributed by atoms with Gasteiger partial charge in [0.25, 0.3) is 6.43 Å². The molecule has 0 bridgehead atoms. The number of rotatable bonds is 3. The van der Waals surface area contributed by atoms with Crippen LogP contribution in [0.5, 0.6) is 0 Å². The Morgan fingerprint density at radius 2 is 2.29 bits per heavy atom. The fraction of sp³-hybridized carbons (Fsp3) is 0.250. The van der Waals surface area contributed by atoms with Crippen LogP contribution in [0.4, 0.5) is 8.78 Å². The van der Waals surface area contributed by atoms with Gasteiger partial charge >= 0.3 is 0 Å². The van der Waals surface area contributed by atoms with Gasteiger partial charge in [-0.25, -0.2) is 8.78 Å². The van der Waals surface area contributed by atoms with E-state index in [9.17, 15) is 13.6 Å². The van der Waals surface area contributed by atoms with Gasteiger partial charge in [-0.1, -0.05) is 0 Å². The Kier molecular flexibility index (Phi) is 4.18. The molecule has 0 radical (unpaired) electrons. The monoisotopic (exact) mass is 331 g/mol. The Morgan fingerprint density at radius 1 is 1.64 bits per heavy atom. The standard InChI is InChI=1S/C8H5ClF2INO/c9-1-4-2-13-5(3-14)7(12)6(4)8(10)11/h2-3,8H,1H2. The molecule has 1 aromatic rings. The third-order valence-electron chi connectivity index (χ3n) is 1.64. The summed E-state index contributed by atoms with van der Waals surface area (Å²) in [6.07, 6.45) is -0.983. The quantitative estimate of drug-likeness (QED) is 0.484. The van der Waals surface area contributed by atoms with E-state index in [1.807, 2.05) is 0 Å². The summed E-state index contributed by atoms with van der Waals surface area (Å²) in [7, 11) is 0. The maximum Gasteiger partial charge on any atom is 0.265 e. The maximum atomic E-state index is 12.6. The van der Waals surface area contributed by atoms with Gasteiger partial charge in [-0.2, -0.15) is 0 Å². The maximum absolute atomic E-state index is 12.6. The summed E-state index contributed by atoms with van der Waals surface area (Å²) in [5.41, 5.74) is 0.0872. The zero-order valence-corrected chi connectivity index (χ0v) is 9.72. The Morgan fingerprint density at radius 3 is 2.71 bits per heavy atom. The average Bonchev–Trinajstić information content (AvgIpc) is 2.16. The largest absolute Gasteiger partial charge is 0.296 e. The normalized spacial score (nSPS) is 10.6. The number of aromatic nitrogens is 1. The van der Waals surface area contributed by atoms with Crippen LogP contribution in [0.2, 0.25) is 0 Å². The zero-order valence-electron chi connectivity index (χ0n) is 6.81. The first-order valence-electron chi connectivity index (χ1n) is 3.58. The van der Waals surface area contributed by atoms with Crippen LogP contribution >= 0.6 is 34.2 Å². The minimum absolute atomic E-state index is 0.0229. The van der Waals surface area contributed by atoms with E-state index in [-0.39, 0.29) is 26.3 Å². The molecule has 0 aliphatic heterocycles. The predicted octanol–water partition coefficient (Wildman–Crippen LogP) is 3.18. The summed E-state index contributed by atoms with van der Waals surface area (Å²) in [5, 5.41) is 0. The van der Waals surface area contributed by atoms with Crippen LogP contribution in [0.1, 0.15) is 28.0 Å². The lowest BCUT2D eigenvalue weighted by molar-refractivity contribution is 0.111. The van der Waals surface area contributed by atoms with Crippen LogP contribution in [-0.4, -0.2) is 11.3 Å². The molecule has 0 saturated heterocycles. The van der Waals surface area contributed by atoms with Crippen LogP contribution in [0.25, 0.3) is 0 Å². The van der Waals surface area contributed by atoms with Crippen LogP contribution in [0.3, 0.4) is 0 Å². The molecule has 1 rings (SSSR count). The van der Waals surface area contributed by atoms with Crippen LogP contribution in [0, 0.1) is 3.57 Å². The second-order valence-electron chi connectivity index (χ2n) is 2.45. The molecule has 0 aliphatic carbocycles. The highest BCUT2D eigenvalue weighted by Crippen LogP contribution is 2.29. The van der Waals surface area contributed by atoms with Crippen molar-refractivity contribution in [2.24, 2.45) is 0 Å². The van der Waals surface area contributed by atoms with Gasteiger partial charge < -0.3 is 0 Å². The van der Waals surface area contributed by atoms with Crippen molar-refractivity contribution >= 4 is 40.5 Å². The lowest BCUT2D eigenvalue weighted by Crippen LogP contribution is -2.03. The number of aldehydes is 1. The van der Waals surface area contributed by atoms with Crippen molar-refractivity contribution in [2.45, 2.75) is 12.3 Å². The van der Waals surface area contributed by atoms with Gasteiger partial charge in [0.05, 0.1) is 3.57 Å². The molecule has 1 aromatic heterocycles. The summed E-state index contributed by atoms with van der Waals surface area (Å²) < 4.78 is 25.3. The van der Waals surface area contributed by atoms with Crippen LogP contribution in [0.15, 0.2) is 6.20 Å². The minimum atomic E-state index is -2.64. The van der Waals surface area contributed by atoms with E-state index in [2.05, 4.69) is 4.98 Å². The second-order valence-corrected chi connectivity index (χ2v) is 3.79. The first-order valence-corrected chi connectivity index (χ1v) is 5.19. The molecule has 0 atom stereocenters. The Balaban J connectivity index is 3.38. The molecule has 1 heterocycles. The Bertz CT molecular complexity index is 359. The molecule has 0 fully saturated rings. The van der Waals surface area contributed by atoms with Gasteiger partial charge in [0, 0.05) is 17.6 Å². The van der Waals surface area contributed by atoms with Crippen molar-refractivity contribution in [3.8, 4) is 0 Å². The van der Waals surface area contributed by atoms with E-state index in [4.69, 9.17) is 11.6 Å². The molecule has 0 spiro atoms. The van der Waals surface area contributed by atoms with E-state index in [0.29, 0.717) is 6.29 Å². The number of carbonyl (C=O) groups excluding carboxylic acids is 1. The molecule has 76 valence electrons. The first kappa shape index (κ1) is 11.8. The third-order valence-corrected chi connectivity index (χ3v) is 3.06. The first-order chi connectivity index (χ1) is 6.61. The van der Waals surface area contributed by atoms with Gasteiger partial charge in [-0.05, 0) is 28.2 Å². The van der Waals surface area contributed by atoms with Crippen molar-refractivity contribution in [1.29, 1.82) is 0 Å². The minimum Gasteiger partial charge on any atom is -0.296 e. The third kappa shape index (κ3) is 2.20. The highest BCUT2D eigenvalue weighted by atomic mass is 127. The molecule has 0 amide bonds. The summed E-state index contributed by atoms with van der Waals surface area (Å²) in [5.74, 6) is -0.0399. The van der Waals surface area contributed by atoms with Crippen LogP contribution in [-0.2, 0) is 5.88 Å². The van der Waals surface area contributed by atoms with Gasteiger partial charge in [0.1, 0.15) is 5.69 Å². The van der Waals surface area contributed by atoms with Crippen molar-refractivity contribution in [3.63, 3.8) is 0 Å². The van der Waals surface area contributed by atoms with Crippen molar-refractivity contribution < 1.29 is 13.6 Å². The summed E-state index contributed by atoms with van der Waals surface area (Å²) in [6, 6.07) is 0. The Hall–Kier alpha value is -0.300. The summed E-state index contributed by atoms with van der Waals surface area (Å²) in [6.45, 7) is 0. The SMILES string of the molecule is O=Cc1ncc(CCl)c(C(F)F)c1I. The van der Waals surface area contributed by atoms with E-state index < -0.39 is 6.43 Å². The van der Waals surface area contributed by atoms with E-state index >= 15 is 0 Å². The fourth-order valence-electron chi connectivity index (χ4n) is 0.977. The van der Waals surface area contributed by atoms with E-state index in [0.717, 1.165) is 0 Å². The number of nitrogens with zero attached hydrogens (tertiary/aromatic N) is 1. The molecule has 0 N–H and O–H groups in total. The van der Waals surface area contributed by atoms with Crippen molar-refractivity contribution in [2.75, 3.05) is 0 Å². The van der Waals surface area contributed by atoms with Crippen LogP contribution < -0.4 is 0 Å². The van der Waals surface area contributed by atoms with Gasteiger partial charge in [-0.3, -0.25) is 9.78 Å². The fourth-order valence-corrected chi connectivity index (χ4v) is 2.04. The van der Waals surface area contributed by atoms with Gasteiger partial charge in [0.2, 0.25) is 0 Å². The molecule has 0 unspecified atom stereocenters. The summed E-state index contributed by atoms with van der Waals surface area (Å²) >= 11 is 7.15. The highest BCUT2D eigenvalue weighted by Gasteiger charge is 2.19. The molecule has 0 saturated carbocycles. The average molecular weight is 331 g/mol. The number of hydrogen-bond acceptors (Lipinski definition) is 2. The van der Waals surface area contributed by atoms with Gasteiger partial charge in [0.15, 0.2) is 6.29 Å². The molecular weight excluding hydrogens is 326 g/mol. The lowest BCUT2D eigenvalue weighted by atomic mass is 10.1. The molecule has 2 nitrogen and oxygen atoms in total. The zero-order chi connectivity index (χ0) is 10.7. The molecule has 6 heteroatoms. The lowest BCUT2D eigenvalue weighted by Gasteiger charge is -2.09.